The average Bonchev–Trinajstić information content (AvgIpc) is 2.43. The van der Waals surface area contributed by atoms with E-state index in [1.165, 1.54) is 16.3 Å². The van der Waals surface area contributed by atoms with Crippen LogP contribution in [0.4, 0.5) is 0 Å². The summed E-state index contributed by atoms with van der Waals surface area (Å²) in [7, 11) is 0. The Morgan fingerprint density at radius 3 is 2.55 bits per heavy atom. The Labute approximate surface area is 119 Å². The van der Waals surface area contributed by atoms with Gasteiger partial charge in [0.2, 0.25) is 0 Å². The van der Waals surface area contributed by atoms with Gasteiger partial charge in [0.15, 0.2) is 0 Å². The molecule has 0 aliphatic heterocycles. The predicted molar refractivity (Wildman–Crippen MR) is 81.7 cm³/mol. The van der Waals surface area contributed by atoms with Crippen LogP contribution in [0.1, 0.15) is 25.8 Å². The molecule has 2 N–H and O–H groups in total. The second-order valence-corrected chi connectivity index (χ2v) is 5.80. The Hall–Kier alpha value is -1.87. The molecule has 0 aromatic heterocycles. The molecule has 20 heavy (non-hydrogen) atoms. The van der Waals surface area contributed by atoms with Gasteiger partial charge in [-0.25, -0.2) is 0 Å². The Balaban J connectivity index is 1.88. The van der Waals surface area contributed by atoms with Crippen molar-refractivity contribution in [1.82, 2.24) is 5.32 Å². The van der Waals surface area contributed by atoms with Crippen molar-refractivity contribution in [3.8, 4) is 0 Å². The second kappa shape index (κ2) is 6.06. The topological polar surface area (TPSA) is 49.3 Å². The lowest BCUT2D eigenvalue weighted by Gasteiger charge is -2.19. The van der Waals surface area contributed by atoms with E-state index in [1.54, 1.807) is 13.8 Å². The van der Waals surface area contributed by atoms with E-state index in [9.17, 15) is 4.79 Å². The predicted octanol–water partition coefficient (Wildman–Crippen LogP) is 3.43. The van der Waals surface area contributed by atoms with Gasteiger partial charge in [0, 0.05) is 6.54 Å². The highest BCUT2D eigenvalue weighted by Gasteiger charge is 2.25. The molecule has 0 spiro atoms. The van der Waals surface area contributed by atoms with Gasteiger partial charge in [-0.2, -0.15) is 0 Å². The molecule has 2 rings (SSSR count). The van der Waals surface area contributed by atoms with E-state index in [1.807, 2.05) is 12.1 Å². The molecule has 3 heteroatoms. The quantitative estimate of drug-likeness (QED) is 0.791. The first-order valence-corrected chi connectivity index (χ1v) is 6.91. The van der Waals surface area contributed by atoms with Crippen molar-refractivity contribution in [2.45, 2.75) is 26.8 Å². The van der Waals surface area contributed by atoms with Gasteiger partial charge in [0.25, 0.3) is 0 Å². The molecular weight excluding hydrogens is 250 g/mol. The molecule has 0 amide bonds. The van der Waals surface area contributed by atoms with Crippen molar-refractivity contribution in [2.24, 2.45) is 5.41 Å². The Bertz CT molecular complexity index is 605. The molecule has 0 heterocycles. The number of carboxylic acid groups (broad SMARTS) is 1. The first-order chi connectivity index (χ1) is 9.49. The average molecular weight is 271 g/mol. The van der Waals surface area contributed by atoms with Crippen molar-refractivity contribution in [1.29, 1.82) is 0 Å². The molecule has 106 valence electrons. The Morgan fingerprint density at radius 2 is 1.85 bits per heavy atom. The maximum absolute atomic E-state index is 11.0. The smallest absolute Gasteiger partial charge is 0.309 e. The van der Waals surface area contributed by atoms with Gasteiger partial charge < -0.3 is 10.4 Å². The fourth-order valence-electron chi connectivity index (χ4n) is 2.09. The second-order valence-electron chi connectivity index (χ2n) is 5.80. The monoisotopic (exact) mass is 271 g/mol. The summed E-state index contributed by atoms with van der Waals surface area (Å²) in [6, 6.07) is 14.7. The van der Waals surface area contributed by atoms with Crippen LogP contribution in [0.25, 0.3) is 10.8 Å². The maximum atomic E-state index is 11.0. The summed E-state index contributed by atoms with van der Waals surface area (Å²) in [6.45, 7) is 4.98. The zero-order chi connectivity index (χ0) is 14.6. The van der Waals surface area contributed by atoms with Gasteiger partial charge >= 0.3 is 5.97 Å². The normalized spacial score (nSPS) is 11.7. The minimum absolute atomic E-state index is 0.621. The molecule has 2 aromatic carbocycles. The zero-order valence-corrected chi connectivity index (χ0v) is 12.0. The summed E-state index contributed by atoms with van der Waals surface area (Å²) in [5, 5.41) is 14.8. The van der Waals surface area contributed by atoms with Gasteiger partial charge in [0.1, 0.15) is 0 Å². The summed E-state index contributed by atoms with van der Waals surface area (Å²) in [6.07, 6.45) is 0.621. The van der Waals surface area contributed by atoms with Gasteiger partial charge in [-0.3, -0.25) is 4.79 Å². The lowest BCUT2D eigenvalue weighted by molar-refractivity contribution is -0.147. The fourth-order valence-corrected chi connectivity index (χ4v) is 2.09. The molecule has 3 nitrogen and oxygen atoms in total. The van der Waals surface area contributed by atoms with Crippen LogP contribution in [0.5, 0.6) is 0 Å². The number of nitrogens with one attached hydrogen (secondary N) is 1. The number of hydrogen-bond donors (Lipinski definition) is 2. The van der Waals surface area contributed by atoms with E-state index in [0.717, 1.165) is 6.54 Å². The SMILES string of the molecule is CC(C)(CCNCc1ccc2ccccc2c1)C(=O)O. The third-order valence-electron chi connectivity index (χ3n) is 3.65. The van der Waals surface area contributed by atoms with Crippen molar-refractivity contribution in [2.75, 3.05) is 6.54 Å². The first kappa shape index (κ1) is 14.5. The molecule has 0 aliphatic carbocycles. The van der Waals surface area contributed by atoms with E-state index >= 15 is 0 Å². The van der Waals surface area contributed by atoms with Crippen LogP contribution >= 0.6 is 0 Å². The molecule has 0 saturated carbocycles. The van der Waals surface area contributed by atoms with E-state index in [0.29, 0.717) is 13.0 Å². The van der Waals surface area contributed by atoms with Crippen LogP contribution < -0.4 is 5.32 Å². The van der Waals surface area contributed by atoms with E-state index in [2.05, 4.69) is 35.6 Å². The van der Waals surface area contributed by atoms with Gasteiger partial charge in [-0.1, -0.05) is 36.4 Å². The van der Waals surface area contributed by atoms with Crippen LogP contribution in [0, 0.1) is 5.41 Å². The van der Waals surface area contributed by atoms with Crippen LogP contribution in [0.3, 0.4) is 0 Å². The van der Waals surface area contributed by atoms with Crippen LogP contribution in [-0.2, 0) is 11.3 Å². The Kier molecular flexibility index (Phi) is 4.40. The highest BCUT2D eigenvalue weighted by atomic mass is 16.4. The molecule has 0 bridgehead atoms. The highest BCUT2D eigenvalue weighted by Crippen LogP contribution is 2.19. The highest BCUT2D eigenvalue weighted by molar-refractivity contribution is 5.82. The van der Waals surface area contributed by atoms with Crippen LogP contribution in [0.15, 0.2) is 42.5 Å². The standard InChI is InChI=1S/C17H21NO2/c1-17(2,16(19)20)9-10-18-12-13-7-8-14-5-3-4-6-15(14)11-13/h3-8,11,18H,9-10,12H2,1-2H3,(H,19,20). The molecule has 0 unspecified atom stereocenters. The number of carboxylic acids is 1. The minimum Gasteiger partial charge on any atom is -0.481 e. The molecule has 2 aromatic rings. The van der Waals surface area contributed by atoms with E-state index in [-0.39, 0.29) is 0 Å². The number of benzene rings is 2. The number of fused-ring (bicyclic) bond motifs is 1. The molecule has 0 radical (unpaired) electrons. The fraction of sp³-hybridized carbons (Fsp3) is 0.353. The first-order valence-electron chi connectivity index (χ1n) is 6.91. The molecular formula is C17H21NO2. The summed E-state index contributed by atoms with van der Waals surface area (Å²) in [4.78, 5) is 11.0. The lowest BCUT2D eigenvalue weighted by atomic mass is 9.90. The maximum Gasteiger partial charge on any atom is 0.309 e. The van der Waals surface area contributed by atoms with Crippen molar-refractivity contribution < 1.29 is 9.90 Å². The van der Waals surface area contributed by atoms with Gasteiger partial charge in [-0.15, -0.1) is 0 Å². The van der Waals surface area contributed by atoms with Crippen molar-refractivity contribution in [3.63, 3.8) is 0 Å². The lowest BCUT2D eigenvalue weighted by Crippen LogP contribution is -2.28. The largest absolute Gasteiger partial charge is 0.481 e. The summed E-state index contributed by atoms with van der Waals surface area (Å²) >= 11 is 0. The Morgan fingerprint density at radius 1 is 1.15 bits per heavy atom. The number of carbonyl (C=O) groups is 1. The third kappa shape index (κ3) is 3.58. The molecule has 0 atom stereocenters. The summed E-state index contributed by atoms with van der Waals surface area (Å²) in [5.74, 6) is -0.745. The van der Waals surface area contributed by atoms with E-state index in [4.69, 9.17) is 5.11 Å². The van der Waals surface area contributed by atoms with E-state index < -0.39 is 11.4 Å². The summed E-state index contributed by atoms with van der Waals surface area (Å²) in [5.41, 5.74) is 0.549. The van der Waals surface area contributed by atoms with Crippen molar-refractivity contribution in [3.05, 3.63) is 48.0 Å². The molecule has 0 fully saturated rings. The van der Waals surface area contributed by atoms with Crippen molar-refractivity contribution >= 4 is 16.7 Å². The number of hydrogen-bond acceptors (Lipinski definition) is 2. The zero-order valence-electron chi connectivity index (χ0n) is 12.0. The summed E-state index contributed by atoms with van der Waals surface area (Å²) < 4.78 is 0. The molecule has 0 aliphatic rings. The van der Waals surface area contributed by atoms with Crippen LogP contribution in [-0.4, -0.2) is 17.6 Å². The minimum atomic E-state index is -0.745. The van der Waals surface area contributed by atoms with Crippen LogP contribution in [0.2, 0.25) is 0 Å². The number of aliphatic carboxylic acids is 1. The van der Waals surface area contributed by atoms with Gasteiger partial charge in [0.05, 0.1) is 5.41 Å². The van der Waals surface area contributed by atoms with Gasteiger partial charge in [-0.05, 0) is 49.2 Å². The number of rotatable bonds is 6. The third-order valence-corrected chi connectivity index (χ3v) is 3.65. The molecule has 0 saturated heterocycles.